The fourth-order valence-electron chi connectivity index (χ4n) is 3.35. The molecule has 2 aromatic carbocycles. The second-order valence-electron chi connectivity index (χ2n) is 7.07. The number of aromatic nitrogens is 2. The fourth-order valence-corrected chi connectivity index (χ4v) is 3.88. The molecule has 4 N–H and O–H groups in total. The molecule has 1 aromatic heterocycles. The van der Waals surface area contributed by atoms with E-state index in [9.17, 15) is 14.4 Å². The lowest BCUT2D eigenvalue weighted by molar-refractivity contribution is -0.123. The molecule has 0 bridgehead atoms. The monoisotopic (exact) mass is 457 g/mol. The number of rotatable bonds is 4. The third-order valence-electron chi connectivity index (χ3n) is 4.80. The number of carbonyl (C=O) groups excluding carboxylic acids is 2. The van der Waals surface area contributed by atoms with Crippen molar-refractivity contribution in [1.29, 1.82) is 0 Å². The first-order valence-corrected chi connectivity index (χ1v) is 10.1. The highest BCUT2D eigenvalue weighted by Gasteiger charge is 2.35. The number of anilines is 4. The van der Waals surface area contributed by atoms with Crippen LogP contribution in [0.25, 0.3) is 0 Å². The third-order valence-corrected chi connectivity index (χ3v) is 5.23. The molecular weight excluding hydrogens is 441 g/mol. The third kappa shape index (κ3) is 4.55. The van der Waals surface area contributed by atoms with Crippen LogP contribution in [-0.2, 0) is 9.59 Å². The Labute approximate surface area is 187 Å². The largest absolute Gasteiger partial charge is 0.326 e. The van der Waals surface area contributed by atoms with E-state index in [0.717, 1.165) is 5.56 Å². The minimum atomic E-state index is -0.978. The molecule has 31 heavy (non-hydrogen) atoms. The number of hydrogen-bond acceptors (Lipinski definition) is 5. The number of fused-ring (bicyclic) bond motifs is 1. The zero-order valence-corrected chi connectivity index (χ0v) is 17.8. The molecule has 10 heteroatoms. The van der Waals surface area contributed by atoms with Crippen LogP contribution in [0.2, 0.25) is 10.0 Å². The Morgan fingerprint density at radius 3 is 2.55 bits per heavy atom. The first-order chi connectivity index (χ1) is 14.8. The number of nitrogens with one attached hydrogen (secondary N) is 4. The van der Waals surface area contributed by atoms with E-state index >= 15 is 0 Å². The quantitative estimate of drug-likeness (QED) is 0.468. The Kier molecular flexibility index (Phi) is 5.67. The molecular formula is C21H17Cl2N5O3. The second-order valence-corrected chi connectivity index (χ2v) is 7.94. The van der Waals surface area contributed by atoms with E-state index in [4.69, 9.17) is 23.2 Å². The zero-order valence-electron chi connectivity index (χ0n) is 16.3. The lowest BCUT2D eigenvalue weighted by atomic mass is 9.92. The van der Waals surface area contributed by atoms with E-state index in [0.29, 0.717) is 21.4 Å². The average Bonchev–Trinajstić information content (AvgIpc) is 2.68. The van der Waals surface area contributed by atoms with Crippen LogP contribution in [-0.4, -0.2) is 21.8 Å². The van der Waals surface area contributed by atoms with Crippen molar-refractivity contribution in [3.8, 4) is 0 Å². The number of amides is 2. The van der Waals surface area contributed by atoms with Crippen LogP contribution in [0.4, 0.5) is 23.1 Å². The summed E-state index contributed by atoms with van der Waals surface area (Å²) >= 11 is 12.0. The van der Waals surface area contributed by atoms with Gasteiger partial charge in [0.05, 0.1) is 11.5 Å². The first kappa shape index (κ1) is 20.9. The standard InChI is InChI=1S/C21H17Cl2N5O3/c1-10-4-2-3-5-15(10)25-19(30)14-9-16(29)26-18-17(14)20(31)28-21(27-18)24-13-7-11(22)6-12(23)8-13/h2-8,14H,9H2,1H3,(H,25,30)(H3,24,26,27,28,29,31)/t14-/m1/s1. The Bertz CT molecular complexity index is 1240. The first-order valence-electron chi connectivity index (χ1n) is 9.34. The van der Waals surface area contributed by atoms with Gasteiger partial charge in [0.15, 0.2) is 0 Å². The van der Waals surface area contributed by atoms with Gasteiger partial charge in [-0.15, -0.1) is 0 Å². The van der Waals surface area contributed by atoms with Crippen molar-refractivity contribution in [3.05, 3.63) is 74.0 Å². The number of aromatic amines is 1. The van der Waals surface area contributed by atoms with Gasteiger partial charge in [-0.25, -0.2) is 0 Å². The highest BCUT2D eigenvalue weighted by Crippen LogP contribution is 2.31. The summed E-state index contributed by atoms with van der Waals surface area (Å²) in [4.78, 5) is 44.9. The molecule has 0 saturated heterocycles. The van der Waals surface area contributed by atoms with Gasteiger partial charge < -0.3 is 16.0 Å². The van der Waals surface area contributed by atoms with Gasteiger partial charge in [-0.05, 0) is 36.8 Å². The normalized spacial score (nSPS) is 15.1. The van der Waals surface area contributed by atoms with Crippen molar-refractivity contribution in [3.63, 3.8) is 0 Å². The van der Waals surface area contributed by atoms with Crippen LogP contribution >= 0.6 is 23.2 Å². The molecule has 2 amide bonds. The lowest BCUT2D eigenvalue weighted by Gasteiger charge is -2.24. The summed E-state index contributed by atoms with van der Waals surface area (Å²) < 4.78 is 0. The Morgan fingerprint density at radius 2 is 1.84 bits per heavy atom. The molecule has 1 aliphatic heterocycles. The summed E-state index contributed by atoms with van der Waals surface area (Å²) in [5.74, 6) is -1.75. The van der Waals surface area contributed by atoms with E-state index in [1.54, 1.807) is 30.3 Å². The minimum absolute atomic E-state index is 0.0283. The number of carbonyl (C=O) groups is 2. The number of H-pyrrole nitrogens is 1. The summed E-state index contributed by atoms with van der Waals surface area (Å²) in [5, 5.41) is 9.05. The topological polar surface area (TPSA) is 116 Å². The lowest BCUT2D eigenvalue weighted by Crippen LogP contribution is -2.36. The van der Waals surface area contributed by atoms with Gasteiger partial charge >= 0.3 is 0 Å². The van der Waals surface area contributed by atoms with Gasteiger partial charge in [0.25, 0.3) is 5.56 Å². The molecule has 0 saturated carbocycles. The maximum absolute atomic E-state index is 12.9. The molecule has 1 atom stereocenters. The Morgan fingerprint density at radius 1 is 1.13 bits per heavy atom. The predicted molar refractivity (Wildman–Crippen MR) is 120 cm³/mol. The summed E-state index contributed by atoms with van der Waals surface area (Å²) in [6, 6.07) is 12.0. The molecule has 0 radical (unpaired) electrons. The van der Waals surface area contributed by atoms with Gasteiger partial charge in [0.2, 0.25) is 17.8 Å². The van der Waals surface area contributed by atoms with Crippen LogP contribution in [0.15, 0.2) is 47.3 Å². The maximum atomic E-state index is 12.9. The fraction of sp³-hybridized carbons (Fsp3) is 0.143. The van der Waals surface area contributed by atoms with E-state index in [2.05, 4.69) is 25.9 Å². The maximum Gasteiger partial charge on any atom is 0.258 e. The molecule has 0 unspecified atom stereocenters. The number of aryl methyl sites for hydroxylation is 1. The van der Waals surface area contributed by atoms with E-state index in [1.807, 2.05) is 19.1 Å². The summed E-state index contributed by atoms with van der Waals surface area (Å²) in [7, 11) is 0. The van der Waals surface area contributed by atoms with E-state index in [1.165, 1.54) is 0 Å². The molecule has 0 aliphatic carbocycles. The number of hydrogen-bond donors (Lipinski definition) is 4. The van der Waals surface area contributed by atoms with Gasteiger partial charge in [-0.1, -0.05) is 41.4 Å². The van der Waals surface area contributed by atoms with Crippen LogP contribution in [0.5, 0.6) is 0 Å². The smallest absolute Gasteiger partial charge is 0.258 e. The van der Waals surface area contributed by atoms with Gasteiger partial charge in [0.1, 0.15) is 5.82 Å². The zero-order chi connectivity index (χ0) is 22.1. The average molecular weight is 458 g/mol. The van der Waals surface area contributed by atoms with Gasteiger partial charge in [-0.2, -0.15) is 4.98 Å². The Hall–Kier alpha value is -3.36. The van der Waals surface area contributed by atoms with Crippen LogP contribution in [0.1, 0.15) is 23.5 Å². The molecule has 0 spiro atoms. The number of para-hydroxylation sites is 1. The van der Waals surface area contributed by atoms with Crippen molar-refractivity contribution in [1.82, 2.24) is 9.97 Å². The predicted octanol–water partition coefficient (Wildman–Crippen LogP) is 4.19. The van der Waals surface area contributed by atoms with E-state index < -0.39 is 23.3 Å². The highest BCUT2D eigenvalue weighted by molar-refractivity contribution is 6.35. The van der Waals surface area contributed by atoms with Crippen molar-refractivity contribution in [2.24, 2.45) is 0 Å². The summed E-state index contributed by atoms with van der Waals surface area (Å²) in [6.45, 7) is 1.85. The molecule has 8 nitrogen and oxygen atoms in total. The number of nitrogens with zero attached hydrogens (tertiary/aromatic N) is 1. The number of benzene rings is 2. The highest BCUT2D eigenvalue weighted by atomic mass is 35.5. The SMILES string of the molecule is Cc1ccccc1NC(=O)[C@@H]1CC(=O)Nc2nc(Nc3cc(Cl)cc(Cl)c3)[nH]c(=O)c21. The molecule has 1 aliphatic rings. The van der Waals surface area contributed by atoms with Crippen LogP contribution < -0.4 is 21.5 Å². The molecule has 0 fully saturated rings. The van der Waals surface area contributed by atoms with Crippen LogP contribution in [0, 0.1) is 6.92 Å². The number of halogens is 2. The van der Waals surface area contributed by atoms with Crippen molar-refractivity contribution in [2.45, 2.75) is 19.3 Å². The van der Waals surface area contributed by atoms with Gasteiger partial charge in [0, 0.05) is 27.8 Å². The van der Waals surface area contributed by atoms with Gasteiger partial charge in [-0.3, -0.25) is 19.4 Å². The molecule has 3 aromatic rings. The van der Waals surface area contributed by atoms with E-state index in [-0.39, 0.29) is 23.8 Å². The summed E-state index contributed by atoms with van der Waals surface area (Å²) in [6.07, 6.45) is -0.161. The van der Waals surface area contributed by atoms with Crippen molar-refractivity contribution in [2.75, 3.05) is 16.0 Å². The molecule has 4 rings (SSSR count). The van der Waals surface area contributed by atoms with Crippen LogP contribution in [0.3, 0.4) is 0 Å². The molecule has 158 valence electrons. The molecule has 2 heterocycles. The van der Waals surface area contributed by atoms with Crippen molar-refractivity contribution < 1.29 is 9.59 Å². The van der Waals surface area contributed by atoms with Crippen molar-refractivity contribution >= 4 is 58.2 Å². The second kappa shape index (κ2) is 8.41. The summed E-state index contributed by atoms with van der Waals surface area (Å²) in [5.41, 5.74) is 1.53. The minimum Gasteiger partial charge on any atom is -0.326 e. The Balaban J connectivity index is 1.66.